The first-order valence-corrected chi connectivity index (χ1v) is 12.0. The summed E-state index contributed by atoms with van der Waals surface area (Å²) in [4.78, 5) is 36.6. The van der Waals surface area contributed by atoms with Gasteiger partial charge in [0.2, 0.25) is 5.71 Å². The lowest BCUT2D eigenvalue weighted by Crippen LogP contribution is -2.57. The summed E-state index contributed by atoms with van der Waals surface area (Å²) < 4.78 is 13.2. The van der Waals surface area contributed by atoms with Crippen LogP contribution < -0.4 is 5.41 Å². The van der Waals surface area contributed by atoms with Crippen molar-refractivity contribution in [2.45, 2.75) is 52.7 Å². The van der Waals surface area contributed by atoms with Crippen LogP contribution in [0.25, 0.3) is 5.57 Å². The van der Waals surface area contributed by atoms with E-state index in [0.29, 0.717) is 55.3 Å². The van der Waals surface area contributed by atoms with E-state index in [1.807, 2.05) is 27.7 Å². The highest BCUT2D eigenvalue weighted by Crippen LogP contribution is 2.19. The number of aliphatic hydroxyl groups is 1. The fourth-order valence-electron chi connectivity index (χ4n) is 4.22. The monoisotopic (exact) mass is 484 g/mol. The molecule has 2 atom stereocenters. The Bertz CT molecular complexity index is 1090. The molecule has 3 rings (SSSR count). The molecule has 188 valence electrons. The van der Waals surface area contributed by atoms with Gasteiger partial charge in [0.05, 0.1) is 6.20 Å². The predicted molar refractivity (Wildman–Crippen MR) is 132 cm³/mol. The van der Waals surface area contributed by atoms with Gasteiger partial charge in [-0.15, -0.1) is 0 Å². The third-order valence-corrected chi connectivity index (χ3v) is 6.18. The first-order chi connectivity index (χ1) is 16.6. The highest BCUT2D eigenvalue weighted by atomic mass is 19.1. The molecule has 8 nitrogen and oxygen atoms in total. The molecule has 0 aliphatic carbocycles. The van der Waals surface area contributed by atoms with E-state index in [1.165, 1.54) is 18.3 Å². The fourth-order valence-corrected chi connectivity index (χ4v) is 4.22. The first-order valence-electron chi connectivity index (χ1n) is 12.0. The van der Waals surface area contributed by atoms with Crippen molar-refractivity contribution < 1.29 is 24.5 Å². The van der Waals surface area contributed by atoms with Crippen LogP contribution in [0, 0.1) is 11.7 Å². The molecule has 35 heavy (non-hydrogen) atoms. The van der Waals surface area contributed by atoms with E-state index in [1.54, 1.807) is 28.0 Å². The van der Waals surface area contributed by atoms with Gasteiger partial charge in [-0.1, -0.05) is 20.8 Å². The quantitative estimate of drug-likeness (QED) is 0.495. The Balaban J connectivity index is 1.67. The van der Waals surface area contributed by atoms with Gasteiger partial charge in [-0.2, -0.15) is 0 Å². The molecule has 0 bridgehead atoms. The largest absolute Gasteiger partial charge is 0.383 e. The number of aromatic nitrogens is 2. The molecule has 1 aliphatic rings. The number of carbonyl (C=O) groups is 2. The minimum Gasteiger partial charge on any atom is -0.383 e. The van der Waals surface area contributed by atoms with Crippen LogP contribution in [0.5, 0.6) is 0 Å². The maximum Gasteiger partial charge on any atom is 0.272 e. The highest BCUT2D eigenvalue weighted by molar-refractivity contribution is 6.08. The standard InChI is InChI=1S/C26H34FN5O3/c1-5-18(13-21(28)19-6-8-20(27)9-7-19)24-29-14-22(30-24)25(34)31-10-11-32(17(4)15-31)26(35)23(33)12-16(2)3/h6-9,13-14,16-17,23,28,33H,5,10-12,15H2,1-4H3,(H,29,30)/p+1/b18-13-,28-21?/t17-,23+/m0/s1. The van der Waals surface area contributed by atoms with Crippen LogP contribution in [0.3, 0.4) is 0 Å². The minimum absolute atomic E-state index is 0.198. The van der Waals surface area contributed by atoms with Crippen molar-refractivity contribution in [3.63, 3.8) is 0 Å². The van der Waals surface area contributed by atoms with Crippen LogP contribution in [-0.2, 0) is 4.79 Å². The van der Waals surface area contributed by atoms with Gasteiger partial charge in [0.15, 0.2) is 0 Å². The number of aliphatic hydroxyl groups excluding tert-OH is 1. The average Bonchev–Trinajstić information content (AvgIpc) is 3.31. The van der Waals surface area contributed by atoms with Gasteiger partial charge in [-0.3, -0.25) is 15.0 Å². The third-order valence-electron chi connectivity index (χ3n) is 6.18. The number of piperazine rings is 1. The summed E-state index contributed by atoms with van der Waals surface area (Å²) >= 11 is 0. The van der Waals surface area contributed by atoms with E-state index in [4.69, 9.17) is 5.41 Å². The average molecular weight is 485 g/mol. The zero-order valence-electron chi connectivity index (χ0n) is 20.8. The summed E-state index contributed by atoms with van der Waals surface area (Å²) in [7, 11) is 0. The maximum absolute atomic E-state index is 13.2. The second-order valence-electron chi connectivity index (χ2n) is 9.41. The predicted octanol–water partition coefficient (Wildman–Crippen LogP) is 1.67. The molecule has 9 heteroatoms. The molecule has 0 unspecified atom stereocenters. The lowest BCUT2D eigenvalue weighted by atomic mass is 10.0. The number of allylic oxidation sites excluding steroid dienone is 2. The van der Waals surface area contributed by atoms with Gasteiger partial charge < -0.3 is 19.9 Å². The van der Waals surface area contributed by atoms with Crippen molar-refractivity contribution >= 4 is 23.1 Å². The van der Waals surface area contributed by atoms with E-state index in [9.17, 15) is 19.1 Å². The summed E-state index contributed by atoms with van der Waals surface area (Å²) in [5.41, 5.74) is 2.33. The molecule has 1 aliphatic heterocycles. The van der Waals surface area contributed by atoms with Crippen molar-refractivity contribution in [3.05, 3.63) is 59.4 Å². The van der Waals surface area contributed by atoms with Gasteiger partial charge >= 0.3 is 0 Å². The number of hydrogen-bond acceptors (Lipinski definition) is 4. The number of amides is 2. The zero-order chi connectivity index (χ0) is 25.7. The van der Waals surface area contributed by atoms with Crippen molar-refractivity contribution in [2.24, 2.45) is 5.92 Å². The number of aromatic amines is 1. The van der Waals surface area contributed by atoms with Crippen LogP contribution in [0.2, 0.25) is 0 Å². The van der Waals surface area contributed by atoms with Gasteiger partial charge in [0, 0.05) is 42.9 Å². The highest BCUT2D eigenvalue weighted by Gasteiger charge is 2.33. The molecule has 2 amide bonds. The number of nitrogens with two attached hydrogens (primary N) is 1. The number of halogens is 1. The smallest absolute Gasteiger partial charge is 0.272 e. The van der Waals surface area contributed by atoms with Crippen molar-refractivity contribution in [2.75, 3.05) is 19.6 Å². The van der Waals surface area contributed by atoms with Crippen LogP contribution >= 0.6 is 0 Å². The Morgan fingerprint density at radius 2 is 1.97 bits per heavy atom. The molecule has 4 N–H and O–H groups in total. The molecular weight excluding hydrogens is 449 g/mol. The van der Waals surface area contributed by atoms with Crippen molar-refractivity contribution in [1.82, 2.24) is 19.8 Å². The molecular formula is C26H35FN5O3+. The number of nitrogens with zero attached hydrogens (tertiary/aromatic N) is 3. The molecule has 0 radical (unpaired) electrons. The first kappa shape index (κ1) is 26.3. The summed E-state index contributed by atoms with van der Waals surface area (Å²) in [5.74, 6) is -0.0557. The Hall–Kier alpha value is -3.33. The number of carbonyl (C=O) groups excluding carboxylic acids is 2. The van der Waals surface area contributed by atoms with Gasteiger partial charge in [-0.05, 0) is 49.9 Å². The van der Waals surface area contributed by atoms with Crippen molar-refractivity contribution in [3.8, 4) is 0 Å². The van der Waals surface area contributed by atoms with Gasteiger partial charge in [0.1, 0.15) is 23.4 Å². The Kier molecular flexibility index (Phi) is 8.56. The van der Waals surface area contributed by atoms with E-state index in [0.717, 1.165) is 5.57 Å². The molecule has 1 fully saturated rings. The lowest BCUT2D eigenvalue weighted by molar-refractivity contribution is -0.145. The normalized spacial score (nSPS) is 17.6. The molecule has 1 aromatic carbocycles. The number of H-pyrrole nitrogens is 1. The number of rotatable bonds is 8. The van der Waals surface area contributed by atoms with Crippen LogP contribution in [0.15, 0.2) is 36.5 Å². The Morgan fingerprint density at radius 3 is 2.57 bits per heavy atom. The van der Waals surface area contributed by atoms with E-state index in [2.05, 4.69) is 9.97 Å². The summed E-state index contributed by atoms with van der Waals surface area (Å²) in [6, 6.07) is 5.72. The molecule has 0 saturated carbocycles. The zero-order valence-corrected chi connectivity index (χ0v) is 20.8. The molecule has 0 spiro atoms. The van der Waals surface area contributed by atoms with Crippen LogP contribution in [0.4, 0.5) is 4.39 Å². The number of benzene rings is 1. The molecule has 1 aromatic heterocycles. The van der Waals surface area contributed by atoms with E-state index >= 15 is 0 Å². The Labute approximate surface area is 205 Å². The second-order valence-corrected chi connectivity index (χ2v) is 9.41. The summed E-state index contributed by atoms with van der Waals surface area (Å²) in [6.45, 7) is 8.87. The van der Waals surface area contributed by atoms with Crippen molar-refractivity contribution in [1.29, 1.82) is 0 Å². The number of nitrogens with one attached hydrogen (secondary N) is 1. The SMILES string of the molecule is CC/C(=C/C(=[NH2+])c1ccc(F)cc1)c1ncc(C(=O)N2CCN(C(=O)[C@H](O)CC(C)C)[C@@H](C)C2)[nH]1. The lowest BCUT2D eigenvalue weighted by Gasteiger charge is -2.40. The molecule has 1 saturated heterocycles. The second kappa shape index (κ2) is 11.4. The molecule has 2 aromatic rings. The van der Waals surface area contributed by atoms with E-state index < -0.39 is 6.10 Å². The minimum atomic E-state index is -1.02. The number of imidazole rings is 1. The topological polar surface area (TPSA) is 115 Å². The Morgan fingerprint density at radius 1 is 1.29 bits per heavy atom. The van der Waals surface area contributed by atoms with Crippen LogP contribution in [0.1, 0.15) is 62.4 Å². The fraction of sp³-hybridized carbons (Fsp3) is 0.462. The third kappa shape index (κ3) is 6.42. The van der Waals surface area contributed by atoms with Gasteiger partial charge in [-0.25, -0.2) is 9.37 Å². The van der Waals surface area contributed by atoms with Gasteiger partial charge in [0.25, 0.3) is 11.8 Å². The molecule has 2 heterocycles. The summed E-state index contributed by atoms with van der Waals surface area (Å²) in [5, 5.41) is 16.4. The maximum atomic E-state index is 13.2. The van der Waals surface area contributed by atoms with Crippen LogP contribution in [-0.4, -0.2) is 74.2 Å². The number of hydrogen-bond donors (Lipinski definition) is 3. The summed E-state index contributed by atoms with van der Waals surface area (Å²) in [6.07, 6.45) is 3.30. The van der Waals surface area contributed by atoms with E-state index in [-0.39, 0.29) is 29.6 Å².